The number of benzene rings is 2. The minimum atomic E-state index is -0.165. The van der Waals surface area contributed by atoms with Crippen molar-refractivity contribution in [3.63, 3.8) is 0 Å². The van der Waals surface area contributed by atoms with E-state index in [-0.39, 0.29) is 11.7 Å². The molecule has 98 valence electrons. The Morgan fingerprint density at radius 3 is 2.58 bits per heavy atom. The summed E-state index contributed by atoms with van der Waals surface area (Å²) in [6.45, 7) is 3.74. The lowest BCUT2D eigenvalue weighted by atomic mass is 10.1. The molecule has 4 heteroatoms. The van der Waals surface area contributed by atoms with Gasteiger partial charge in [-0.2, -0.15) is 0 Å². The number of amides is 1. The topological polar surface area (TPSA) is 49.3 Å². The summed E-state index contributed by atoms with van der Waals surface area (Å²) in [5.74, 6) is 0.0125. The monoisotopic (exact) mass is 367 g/mol. The lowest BCUT2D eigenvalue weighted by Crippen LogP contribution is -2.14. The Morgan fingerprint density at radius 2 is 1.84 bits per heavy atom. The van der Waals surface area contributed by atoms with Crippen LogP contribution >= 0.6 is 22.6 Å². The van der Waals surface area contributed by atoms with Crippen molar-refractivity contribution in [3.8, 4) is 5.75 Å². The molecule has 2 aromatic rings. The number of halogens is 1. The number of aromatic hydroxyl groups is 1. The van der Waals surface area contributed by atoms with Gasteiger partial charge >= 0.3 is 0 Å². The summed E-state index contributed by atoms with van der Waals surface area (Å²) in [5.41, 5.74) is 3.00. The van der Waals surface area contributed by atoms with E-state index in [1.165, 1.54) is 0 Å². The number of rotatable bonds is 2. The predicted octanol–water partition coefficient (Wildman–Crippen LogP) is 3.87. The Hall–Kier alpha value is -1.56. The average molecular weight is 367 g/mol. The molecule has 2 aromatic carbocycles. The summed E-state index contributed by atoms with van der Waals surface area (Å²) in [6, 6.07) is 10.7. The molecular weight excluding hydrogens is 353 g/mol. The van der Waals surface area contributed by atoms with Crippen molar-refractivity contribution in [1.82, 2.24) is 0 Å². The Morgan fingerprint density at radius 1 is 1.16 bits per heavy atom. The van der Waals surface area contributed by atoms with E-state index in [9.17, 15) is 9.90 Å². The largest absolute Gasteiger partial charge is 0.508 e. The van der Waals surface area contributed by atoms with Gasteiger partial charge in [0.15, 0.2) is 0 Å². The van der Waals surface area contributed by atoms with Crippen molar-refractivity contribution < 1.29 is 9.90 Å². The van der Waals surface area contributed by atoms with E-state index in [0.29, 0.717) is 16.8 Å². The van der Waals surface area contributed by atoms with E-state index in [1.54, 1.807) is 31.2 Å². The first-order valence-corrected chi connectivity index (χ1v) is 6.93. The third-order valence-corrected chi connectivity index (χ3v) is 4.42. The number of anilines is 1. The van der Waals surface area contributed by atoms with E-state index >= 15 is 0 Å². The van der Waals surface area contributed by atoms with E-state index in [0.717, 1.165) is 9.13 Å². The van der Waals surface area contributed by atoms with Crippen molar-refractivity contribution in [2.24, 2.45) is 0 Å². The summed E-state index contributed by atoms with van der Waals surface area (Å²) in [4.78, 5) is 12.3. The number of aryl methyl sites for hydroxylation is 1. The highest BCUT2D eigenvalue weighted by Crippen LogP contribution is 2.25. The number of carbonyl (C=O) groups excluding carboxylic acids is 1. The van der Waals surface area contributed by atoms with Gasteiger partial charge in [0.25, 0.3) is 5.91 Å². The first-order chi connectivity index (χ1) is 9.00. The van der Waals surface area contributed by atoms with Crippen molar-refractivity contribution >= 4 is 34.2 Å². The Kier molecular flexibility index (Phi) is 4.09. The van der Waals surface area contributed by atoms with Crippen LogP contribution in [0, 0.1) is 17.4 Å². The third-order valence-electron chi connectivity index (χ3n) is 2.99. The highest BCUT2D eigenvalue weighted by molar-refractivity contribution is 14.1. The van der Waals surface area contributed by atoms with Crippen LogP contribution in [0.4, 0.5) is 5.69 Å². The number of nitrogens with one attached hydrogen (secondary N) is 1. The summed E-state index contributed by atoms with van der Waals surface area (Å²) in [7, 11) is 0. The Balaban J connectivity index is 2.31. The van der Waals surface area contributed by atoms with Gasteiger partial charge in [-0.15, -0.1) is 0 Å². The van der Waals surface area contributed by atoms with E-state index in [2.05, 4.69) is 27.9 Å². The molecule has 1 amide bonds. The normalized spacial score (nSPS) is 10.3. The van der Waals surface area contributed by atoms with Gasteiger partial charge in [0.1, 0.15) is 5.75 Å². The first-order valence-electron chi connectivity index (χ1n) is 5.85. The quantitative estimate of drug-likeness (QED) is 0.792. The molecular formula is C15H14INO2. The van der Waals surface area contributed by atoms with Crippen molar-refractivity contribution in [2.45, 2.75) is 13.8 Å². The summed E-state index contributed by atoms with van der Waals surface area (Å²) in [5, 5.41) is 12.5. The minimum absolute atomic E-state index is 0.165. The zero-order valence-electron chi connectivity index (χ0n) is 10.7. The molecule has 0 aromatic heterocycles. The van der Waals surface area contributed by atoms with E-state index in [1.807, 2.05) is 19.1 Å². The van der Waals surface area contributed by atoms with Gasteiger partial charge in [0, 0.05) is 14.8 Å². The Bertz CT molecular complexity index is 638. The second-order valence-electron chi connectivity index (χ2n) is 4.34. The maximum absolute atomic E-state index is 12.3. The molecule has 2 N–H and O–H groups in total. The lowest BCUT2D eigenvalue weighted by molar-refractivity contribution is 0.102. The van der Waals surface area contributed by atoms with Crippen LogP contribution in [0.25, 0.3) is 0 Å². The molecule has 0 spiro atoms. The van der Waals surface area contributed by atoms with Crippen LogP contribution in [0.3, 0.4) is 0 Å². The zero-order chi connectivity index (χ0) is 14.0. The maximum atomic E-state index is 12.3. The SMILES string of the molecule is Cc1cccc(C(=O)Nc2cccc(O)c2C)c1I. The van der Waals surface area contributed by atoms with Crippen molar-refractivity contribution in [3.05, 3.63) is 56.7 Å². The fourth-order valence-corrected chi connectivity index (χ4v) is 2.38. The molecule has 0 bridgehead atoms. The Labute approximate surface area is 125 Å². The van der Waals surface area contributed by atoms with Crippen LogP contribution in [0.5, 0.6) is 5.75 Å². The van der Waals surface area contributed by atoms with Gasteiger partial charge < -0.3 is 10.4 Å². The number of hydrogen-bond acceptors (Lipinski definition) is 2. The fraction of sp³-hybridized carbons (Fsp3) is 0.133. The molecule has 19 heavy (non-hydrogen) atoms. The first kappa shape index (κ1) is 13.9. The number of phenolic OH excluding ortho intramolecular Hbond substituents is 1. The summed E-state index contributed by atoms with van der Waals surface area (Å²) < 4.78 is 0.940. The third kappa shape index (κ3) is 2.89. The average Bonchev–Trinajstić information content (AvgIpc) is 2.38. The molecule has 0 unspecified atom stereocenters. The van der Waals surface area contributed by atoms with Gasteiger partial charge in [0.05, 0.1) is 5.56 Å². The number of phenols is 1. The van der Waals surface area contributed by atoms with Crippen LogP contribution < -0.4 is 5.32 Å². The molecule has 3 nitrogen and oxygen atoms in total. The fourth-order valence-electron chi connectivity index (χ4n) is 1.77. The van der Waals surface area contributed by atoms with Crippen LogP contribution in [0.2, 0.25) is 0 Å². The maximum Gasteiger partial charge on any atom is 0.256 e. The van der Waals surface area contributed by atoms with Gasteiger partial charge in [-0.25, -0.2) is 0 Å². The van der Waals surface area contributed by atoms with Crippen LogP contribution in [-0.2, 0) is 0 Å². The zero-order valence-corrected chi connectivity index (χ0v) is 12.9. The molecule has 0 aliphatic heterocycles. The highest BCUT2D eigenvalue weighted by atomic mass is 127. The molecule has 0 fully saturated rings. The highest BCUT2D eigenvalue weighted by Gasteiger charge is 2.13. The number of hydrogen-bond donors (Lipinski definition) is 2. The predicted molar refractivity (Wildman–Crippen MR) is 84.7 cm³/mol. The second-order valence-corrected chi connectivity index (χ2v) is 5.42. The van der Waals surface area contributed by atoms with E-state index in [4.69, 9.17) is 0 Å². The molecule has 0 saturated heterocycles. The smallest absolute Gasteiger partial charge is 0.256 e. The summed E-state index contributed by atoms with van der Waals surface area (Å²) >= 11 is 2.17. The van der Waals surface area contributed by atoms with Gasteiger partial charge in [-0.1, -0.05) is 18.2 Å². The van der Waals surface area contributed by atoms with Crippen LogP contribution in [0.15, 0.2) is 36.4 Å². The minimum Gasteiger partial charge on any atom is -0.508 e. The van der Waals surface area contributed by atoms with Crippen molar-refractivity contribution in [1.29, 1.82) is 0 Å². The van der Waals surface area contributed by atoms with Crippen LogP contribution in [-0.4, -0.2) is 11.0 Å². The molecule has 0 atom stereocenters. The summed E-state index contributed by atoms with van der Waals surface area (Å²) in [6.07, 6.45) is 0. The van der Waals surface area contributed by atoms with E-state index < -0.39 is 0 Å². The lowest BCUT2D eigenvalue weighted by Gasteiger charge is -2.11. The van der Waals surface area contributed by atoms with Crippen LogP contribution in [0.1, 0.15) is 21.5 Å². The number of carbonyl (C=O) groups is 1. The second kappa shape index (κ2) is 5.61. The molecule has 0 radical (unpaired) electrons. The molecule has 2 rings (SSSR count). The van der Waals surface area contributed by atoms with Gasteiger partial charge in [-0.3, -0.25) is 4.79 Å². The van der Waals surface area contributed by atoms with Gasteiger partial charge in [-0.05, 0) is 60.2 Å². The standard InChI is InChI=1S/C15H14INO2/c1-9-5-3-6-11(14(9)16)15(19)17-12-7-4-8-13(18)10(12)2/h3-8,18H,1-2H3,(H,17,19). The molecule has 0 saturated carbocycles. The van der Waals surface area contributed by atoms with Crippen molar-refractivity contribution in [2.75, 3.05) is 5.32 Å². The molecule has 0 aliphatic rings. The molecule has 0 aliphatic carbocycles. The van der Waals surface area contributed by atoms with Gasteiger partial charge in [0.2, 0.25) is 0 Å². The molecule has 0 heterocycles.